The van der Waals surface area contributed by atoms with Gasteiger partial charge in [0.25, 0.3) is 0 Å². The van der Waals surface area contributed by atoms with E-state index in [2.05, 4.69) is 69.1 Å². The Balaban J connectivity index is 3.11. The number of ether oxygens (including phenoxy) is 2. The second-order valence-corrected chi connectivity index (χ2v) is 9.12. The molecule has 0 heterocycles. The van der Waals surface area contributed by atoms with E-state index in [4.69, 9.17) is 9.47 Å². The zero-order valence-corrected chi connectivity index (χ0v) is 20.0. The van der Waals surface area contributed by atoms with Gasteiger partial charge in [-0.25, -0.2) is 0 Å². The molecule has 0 amide bonds. The van der Waals surface area contributed by atoms with Gasteiger partial charge in [0.2, 0.25) is 0 Å². The molecule has 2 rings (SSSR count). The van der Waals surface area contributed by atoms with Crippen LogP contribution < -0.4 is 14.8 Å². The smallest absolute Gasteiger partial charge is 0.164 e. The number of hydrogen-bond acceptors (Lipinski definition) is 2. The summed E-state index contributed by atoms with van der Waals surface area (Å²) in [7, 11) is 8.25. The maximum absolute atomic E-state index is 5.79. The summed E-state index contributed by atoms with van der Waals surface area (Å²) in [6.07, 6.45) is 0. The Kier molecular flexibility index (Phi) is 7.12. The summed E-state index contributed by atoms with van der Waals surface area (Å²) in [6.45, 7) is 15.5. The number of rotatable bonds is 6. The van der Waals surface area contributed by atoms with Gasteiger partial charge in [-0.1, -0.05) is 53.9 Å². The summed E-state index contributed by atoms with van der Waals surface area (Å²) in [5, 5.41) is 1.24. The van der Waals surface area contributed by atoms with Crippen molar-refractivity contribution in [3.63, 3.8) is 0 Å². The molecule has 2 nitrogen and oxygen atoms in total. The molecule has 2 aromatic carbocycles. The molecule has 0 saturated carbocycles. The van der Waals surface area contributed by atoms with Crippen molar-refractivity contribution in [2.75, 3.05) is 14.2 Å². The van der Waals surface area contributed by atoms with Crippen molar-refractivity contribution in [2.24, 2.45) is 0 Å². The molecule has 146 valence electrons. The molecule has 0 bridgehead atoms. The first kappa shape index (κ1) is 21.9. The molecular weight excluding hydrogens is 370 g/mol. The Hall–Kier alpha value is -1.36. The van der Waals surface area contributed by atoms with Crippen molar-refractivity contribution < 1.29 is 9.47 Å². The van der Waals surface area contributed by atoms with Crippen molar-refractivity contribution >= 4 is 21.7 Å². The second-order valence-electron chi connectivity index (χ2n) is 7.78. The lowest BCUT2D eigenvalue weighted by molar-refractivity contribution is 0.351. The monoisotopic (exact) mass is 402 g/mol. The molecule has 4 heteroatoms. The largest absolute Gasteiger partial charge is 0.493 e. The summed E-state index contributed by atoms with van der Waals surface area (Å²) < 4.78 is 11.5. The van der Waals surface area contributed by atoms with E-state index in [1.54, 1.807) is 14.2 Å². The lowest BCUT2D eigenvalue weighted by Gasteiger charge is -2.26. The topological polar surface area (TPSA) is 18.5 Å². The van der Waals surface area contributed by atoms with E-state index >= 15 is 0 Å². The van der Waals surface area contributed by atoms with E-state index in [0.29, 0.717) is 11.8 Å². The standard InChI is InChI=1S/C23H32O2P2/c1-12(2)17-10-14(5)11-18(13(3)4)20(17)19-15(6)21(24-8)22(25-9)16(7)23(19)27-26/h10-13,26H,1-9H3. The molecule has 27 heavy (non-hydrogen) atoms. The van der Waals surface area contributed by atoms with Crippen LogP contribution in [0, 0.1) is 20.8 Å². The van der Waals surface area contributed by atoms with E-state index in [0.717, 1.165) is 30.5 Å². The van der Waals surface area contributed by atoms with Crippen LogP contribution in [0.15, 0.2) is 12.1 Å². The molecule has 0 aliphatic rings. The van der Waals surface area contributed by atoms with Gasteiger partial charge < -0.3 is 9.47 Å². The summed E-state index contributed by atoms with van der Waals surface area (Å²) in [4.78, 5) is 0. The first-order valence-electron chi connectivity index (χ1n) is 9.46. The number of benzene rings is 2. The van der Waals surface area contributed by atoms with Crippen molar-refractivity contribution in [1.82, 2.24) is 0 Å². The van der Waals surface area contributed by atoms with Crippen LogP contribution in [0.25, 0.3) is 11.1 Å². The van der Waals surface area contributed by atoms with Gasteiger partial charge in [-0.3, -0.25) is 0 Å². The van der Waals surface area contributed by atoms with Crippen molar-refractivity contribution in [2.45, 2.75) is 60.3 Å². The highest BCUT2D eigenvalue weighted by Gasteiger charge is 2.26. The van der Waals surface area contributed by atoms with Crippen LogP contribution in [0.1, 0.15) is 67.3 Å². The van der Waals surface area contributed by atoms with E-state index in [1.165, 1.54) is 33.1 Å². The quantitative estimate of drug-likeness (QED) is 0.477. The van der Waals surface area contributed by atoms with Gasteiger partial charge >= 0.3 is 0 Å². The number of hydrogen-bond donors (Lipinski definition) is 0. The Labute approximate surface area is 168 Å². The zero-order valence-electron chi connectivity index (χ0n) is 18.1. The molecule has 2 aromatic rings. The van der Waals surface area contributed by atoms with Gasteiger partial charge in [0.1, 0.15) is 0 Å². The predicted molar refractivity (Wildman–Crippen MR) is 122 cm³/mol. The summed E-state index contributed by atoms with van der Waals surface area (Å²) >= 11 is 0. The third-order valence-corrected chi connectivity index (χ3v) is 6.67. The zero-order chi connectivity index (χ0) is 20.5. The third kappa shape index (κ3) is 3.94. The van der Waals surface area contributed by atoms with Crippen LogP contribution in [-0.2, 0) is 0 Å². The van der Waals surface area contributed by atoms with E-state index in [-0.39, 0.29) is 0 Å². The summed E-state index contributed by atoms with van der Waals surface area (Å²) in [5.41, 5.74) is 8.99. The van der Waals surface area contributed by atoms with Crippen LogP contribution in [0.3, 0.4) is 0 Å². The Morgan fingerprint density at radius 2 is 1.22 bits per heavy atom. The van der Waals surface area contributed by atoms with Gasteiger partial charge in [-0.2, -0.15) is 0 Å². The first-order chi connectivity index (χ1) is 12.7. The van der Waals surface area contributed by atoms with E-state index in [1.807, 2.05) is 0 Å². The van der Waals surface area contributed by atoms with Crippen LogP contribution in [-0.4, -0.2) is 14.2 Å². The minimum atomic E-state index is 0.435. The number of aryl methyl sites for hydroxylation is 1. The minimum absolute atomic E-state index is 0.435. The molecule has 0 aliphatic heterocycles. The minimum Gasteiger partial charge on any atom is -0.493 e. The van der Waals surface area contributed by atoms with Crippen LogP contribution in [0.4, 0.5) is 0 Å². The lowest BCUT2D eigenvalue weighted by Crippen LogP contribution is -2.13. The molecule has 0 aliphatic carbocycles. The predicted octanol–water partition coefficient (Wildman–Crippen LogP) is 7.17. The van der Waals surface area contributed by atoms with Crippen molar-refractivity contribution in [1.29, 1.82) is 0 Å². The normalized spacial score (nSPS) is 11.5. The summed E-state index contributed by atoms with van der Waals surface area (Å²) in [5.74, 6) is 2.52. The van der Waals surface area contributed by atoms with Crippen molar-refractivity contribution in [3.8, 4) is 22.6 Å². The van der Waals surface area contributed by atoms with Crippen LogP contribution in [0.2, 0.25) is 0 Å². The highest BCUT2D eigenvalue weighted by molar-refractivity contribution is 7.79. The molecule has 0 aromatic heterocycles. The van der Waals surface area contributed by atoms with E-state index < -0.39 is 0 Å². The molecule has 0 radical (unpaired) electrons. The fourth-order valence-electron chi connectivity index (χ4n) is 3.91. The Bertz CT molecular complexity index is 838. The molecule has 0 fully saturated rings. The highest BCUT2D eigenvalue weighted by Crippen LogP contribution is 2.45. The SMILES string of the molecule is COc1c(C)c(P=P)c(-c2c(C(C)C)cc(C)cc2C(C)C)c(C)c1OC. The van der Waals surface area contributed by atoms with Crippen molar-refractivity contribution in [3.05, 3.63) is 39.9 Å². The Morgan fingerprint density at radius 1 is 0.778 bits per heavy atom. The fourth-order valence-corrected chi connectivity index (χ4v) is 5.41. The lowest BCUT2D eigenvalue weighted by atomic mass is 9.81. The summed E-state index contributed by atoms with van der Waals surface area (Å²) in [6, 6.07) is 4.68. The fraction of sp³-hybridized carbons (Fsp3) is 0.478. The van der Waals surface area contributed by atoms with Crippen LogP contribution in [0.5, 0.6) is 11.5 Å². The van der Waals surface area contributed by atoms with E-state index in [9.17, 15) is 0 Å². The molecule has 0 atom stereocenters. The molecule has 0 N–H and O–H groups in total. The number of methoxy groups -OCH3 is 2. The van der Waals surface area contributed by atoms with Gasteiger partial charge in [-0.05, 0) is 57.2 Å². The van der Waals surface area contributed by atoms with Gasteiger partial charge in [0.15, 0.2) is 11.5 Å². The molecule has 0 saturated heterocycles. The highest BCUT2D eigenvalue weighted by atomic mass is 31.7. The van der Waals surface area contributed by atoms with Gasteiger partial charge in [-0.15, -0.1) is 0 Å². The average molecular weight is 402 g/mol. The second kappa shape index (κ2) is 8.76. The van der Waals surface area contributed by atoms with Gasteiger partial charge in [0.05, 0.1) is 14.2 Å². The molecule has 0 spiro atoms. The molecular formula is C23H32O2P2. The third-order valence-electron chi connectivity index (χ3n) is 5.21. The molecule has 0 unspecified atom stereocenters. The van der Waals surface area contributed by atoms with Crippen LogP contribution >= 0.6 is 16.4 Å². The average Bonchev–Trinajstić information content (AvgIpc) is 2.61. The maximum atomic E-state index is 5.79. The maximum Gasteiger partial charge on any atom is 0.164 e. The van der Waals surface area contributed by atoms with Gasteiger partial charge in [0, 0.05) is 22.0 Å². The first-order valence-corrected chi connectivity index (χ1v) is 11.7. The Morgan fingerprint density at radius 3 is 1.59 bits per heavy atom.